The van der Waals surface area contributed by atoms with E-state index in [0.29, 0.717) is 6.61 Å². The number of hydrogen-bond donors (Lipinski definition) is 0. The minimum atomic E-state index is -1.11. The van der Waals surface area contributed by atoms with Gasteiger partial charge in [0, 0.05) is 8.07 Å². The van der Waals surface area contributed by atoms with Crippen LogP contribution in [0, 0.1) is 0 Å². The highest BCUT2D eigenvalue weighted by Gasteiger charge is 2.29. The van der Waals surface area contributed by atoms with Crippen LogP contribution in [0.3, 0.4) is 0 Å². The highest BCUT2D eigenvalue weighted by Crippen LogP contribution is 2.18. The molecule has 1 fully saturated rings. The average Bonchev–Trinajstić information content (AvgIpc) is 2.10. The van der Waals surface area contributed by atoms with E-state index in [9.17, 15) is 4.79 Å². The monoisotopic (exact) mass is 174 g/mol. The minimum absolute atomic E-state index is 0.0224. The second kappa shape index (κ2) is 2.85. The van der Waals surface area contributed by atoms with Crippen LogP contribution in [0.15, 0.2) is 0 Å². The first-order valence-corrected chi connectivity index (χ1v) is 7.51. The average molecular weight is 174 g/mol. The van der Waals surface area contributed by atoms with E-state index in [2.05, 4.69) is 24.4 Å². The summed E-state index contributed by atoms with van der Waals surface area (Å²) >= 11 is 0. The van der Waals surface area contributed by atoms with Crippen molar-refractivity contribution in [3.63, 3.8) is 0 Å². The van der Waals surface area contributed by atoms with Crippen LogP contribution in [-0.4, -0.2) is 26.9 Å². The smallest absolute Gasteiger partial charge is 0.430 e. The van der Waals surface area contributed by atoms with Gasteiger partial charge in [-0.2, -0.15) is 0 Å². The van der Waals surface area contributed by atoms with Gasteiger partial charge in [-0.25, -0.2) is 4.79 Å². The van der Waals surface area contributed by atoms with Crippen LogP contribution in [0.1, 0.15) is 0 Å². The SMILES string of the molecule is C[Si](C)(C)CC1COC(=O)O1. The van der Waals surface area contributed by atoms with Crippen LogP contribution in [-0.2, 0) is 9.47 Å². The molecule has 1 rings (SSSR count). The molecule has 0 aromatic heterocycles. The summed E-state index contributed by atoms with van der Waals surface area (Å²) in [7, 11) is -1.11. The van der Waals surface area contributed by atoms with Crippen molar-refractivity contribution in [1.29, 1.82) is 0 Å². The lowest BCUT2D eigenvalue weighted by Crippen LogP contribution is -2.27. The molecule has 64 valence electrons. The van der Waals surface area contributed by atoms with Gasteiger partial charge in [-0.05, 0) is 6.04 Å². The molecule has 1 heterocycles. The summed E-state index contributed by atoms with van der Waals surface area (Å²) in [5.74, 6) is 0. The van der Waals surface area contributed by atoms with Gasteiger partial charge in [0.2, 0.25) is 0 Å². The van der Waals surface area contributed by atoms with Crippen molar-refractivity contribution in [3.8, 4) is 0 Å². The molecule has 11 heavy (non-hydrogen) atoms. The molecule has 0 radical (unpaired) electrons. The fraction of sp³-hybridized carbons (Fsp3) is 0.857. The van der Waals surface area contributed by atoms with Crippen LogP contribution < -0.4 is 0 Å². The van der Waals surface area contributed by atoms with Crippen LogP contribution in [0.4, 0.5) is 4.79 Å². The Morgan fingerprint density at radius 2 is 2.18 bits per heavy atom. The molecular weight excluding hydrogens is 160 g/mol. The molecule has 1 unspecified atom stereocenters. The molecule has 0 N–H and O–H groups in total. The van der Waals surface area contributed by atoms with E-state index in [0.717, 1.165) is 6.04 Å². The maximum atomic E-state index is 10.5. The summed E-state index contributed by atoms with van der Waals surface area (Å²) < 4.78 is 9.58. The summed E-state index contributed by atoms with van der Waals surface area (Å²) in [6, 6.07) is 0.999. The van der Waals surface area contributed by atoms with Gasteiger partial charge in [-0.3, -0.25) is 0 Å². The van der Waals surface area contributed by atoms with E-state index in [1.54, 1.807) is 0 Å². The number of hydrogen-bond acceptors (Lipinski definition) is 3. The third-order valence-corrected chi connectivity index (χ3v) is 3.17. The predicted octanol–water partition coefficient (Wildman–Crippen LogP) is 1.86. The van der Waals surface area contributed by atoms with Gasteiger partial charge in [0.25, 0.3) is 0 Å². The number of carbonyl (C=O) groups excluding carboxylic acids is 1. The highest BCUT2D eigenvalue weighted by atomic mass is 28.3. The molecule has 0 amide bonds. The van der Waals surface area contributed by atoms with Crippen molar-refractivity contribution in [1.82, 2.24) is 0 Å². The lowest BCUT2D eigenvalue weighted by Gasteiger charge is -2.17. The Balaban J connectivity index is 2.34. The maximum Gasteiger partial charge on any atom is 0.508 e. The van der Waals surface area contributed by atoms with Gasteiger partial charge in [0.05, 0.1) is 0 Å². The summed E-state index contributed by atoms with van der Waals surface area (Å²) in [4.78, 5) is 10.5. The Morgan fingerprint density at radius 1 is 1.55 bits per heavy atom. The van der Waals surface area contributed by atoms with E-state index in [1.807, 2.05) is 0 Å². The standard InChI is InChI=1S/C7H14O3Si/c1-11(2,3)5-6-4-9-7(8)10-6/h6H,4-5H2,1-3H3. The maximum absolute atomic E-state index is 10.5. The lowest BCUT2D eigenvalue weighted by atomic mass is 10.4. The normalized spacial score (nSPS) is 24.6. The minimum Gasteiger partial charge on any atom is -0.430 e. The number of cyclic esters (lactones) is 2. The first-order valence-electron chi connectivity index (χ1n) is 3.81. The Kier molecular flexibility index (Phi) is 2.22. The molecule has 1 atom stereocenters. The van der Waals surface area contributed by atoms with E-state index >= 15 is 0 Å². The number of carbonyl (C=O) groups is 1. The molecular formula is C7H14O3Si. The zero-order valence-corrected chi connectivity index (χ0v) is 8.22. The van der Waals surface area contributed by atoms with Crippen molar-refractivity contribution < 1.29 is 14.3 Å². The van der Waals surface area contributed by atoms with Crippen LogP contribution in [0.25, 0.3) is 0 Å². The van der Waals surface area contributed by atoms with Gasteiger partial charge in [-0.15, -0.1) is 0 Å². The Morgan fingerprint density at radius 3 is 2.55 bits per heavy atom. The summed E-state index contributed by atoms with van der Waals surface area (Å²) in [6.45, 7) is 7.20. The van der Waals surface area contributed by atoms with Crippen molar-refractivity contribution in [2.45, 2.75) is 31.8 Å². The largest absolute Gasteiger partial charge is 0.508 e. The molecule has 0 spiro atoms. The predicted molar refractivity (Wildman–Crippen MR) is 44.4 cm³/mol. The molecule has 1 aliphatic rings. The highest BCUT2D eigenvalue weighted by molar-refractivity contribution is 6.76. The van der Waals surface area contributed by atoms with E-state index < -0.39 is 14.2 Å². The molecule has 0 aliphatic carbocycles. The number of rotatable bonds is 2. The van der Waals surface area contributed by atoms with Gasteiger partial charge < -0.3 is 9.47 Å². The summed E-state index contributed by atoms with van der Waals surface area (Å²) in [5, 5.41) is 0. The van der Waals surface area contributed by atoms with Crippen LogP contribution in [0.5, 0.6) is 0 Å². The number of ether oxygens (including phenoxy) is 2. The fourth-order valence-electron chi connectivity index (χ4n) is 1.15. The second-order valence-electron chi connectivity index (χ2n) is 4.07. The molecule has 3 nitrogen and oxygen atoms in total. The van der Waals surface area contributed by atoms with Crippen molar-refractivity contribution >= 4 is 14.2 Å². The summed E-state index contributed by atoms with van der Waals surface area (Å²) in [5.41, 5.74) is 0. The van der Waals surface area contributed by atoms with E-state index in [-0.39, 0.29) is 6.10 Å². The summed E-state index contributed by atoms with van der Waals surface area (Å²) in [6.07, 6.45) is -0.484. The molecule has 1 saturated heterocycles. The van der Waals surface area contributed by atoms with Gasteiger partial charge in [-0.1, -0.05) is 19.6 Å². The van der Waals surface area contributed by atoms with Crippen molar-refractivity contribution in [2.75, 3.05) is 6.61 Å². The van der Waals surface area contributed by atoms with Gasteiger partial charge >= 0.3 is 6.16 Å². The Bertz CT molecular complexity index is 162. The molecule has 0 saturated carbocycles. The zero-order chi connectivity index (χ0) is 8.48. The van der Waals surface area contributed by atoms with Crippen LogP contribution >= 0.6 is 0 Å². The second-order valence-corrected chi connectivity index (χ2v) is 9.60. The molecule has 4 heteroatoms. The van der Waals surface area contributed by atoms with Gasteiger partial charge in [0.15, 0.2) is 0 Å². The Hall–Kier alpha value is -0.513. The van der Waals surface area contributed by atoms with Crippen molar-refractivity contribution in [3.05, 3.63) is 0 Å². The first-order chi connectivity index (χ1) is 4.97. The molecule has 0 aromatic carbocycles. The molecule has 0 aromatic rings. The van der Waals surface area contributed by atoms with E-state index in [4.69, 9.17) is 4.74 Å². The first kappa shape index (κ1) is 8.58. The molecule has 0 bridgehead atoms. The fourth-order valence-corrected chi connectivity index (χ4v) is 2.72. The topological polar surface area (TPSA) is 35.5 Å². The van der Waals surface area contributed by atoms with Crippen LogP contribution in [0.2, 0.25) is 25.7 Å². The third kappa shape index (κ3) is 2.92. The quantitative estimate of drug-likeness (QED) is 0.473. The zero-order valence-electron chi connectivity index (χ0n) is 7.22. The van der Waals surface area contributed by atoms with Crippen molar-refractivity contribution in [2.24, 2.45) is 0 Å². The molecule has 1 aliphatic heterocycles. The third-order valence-electron chi connectivity index (χ3n) is 1.49. The van der Waals surface area contributed by atoms with Gasteiger partial charge in [0.1, 0.15) is 12.7 Å². The van der Waals surface area contributed by atoms with E-state index in [1.165, 1.54) is 0 Å². The lowest BCUT2D eigenvalue weighted by molar-refractivity contribution is 0.121. The Labute approximate surface area is 67.7 Å².